The zero-order valence-electron chi connectivity index (χ0n) is 33.2. The van der Waals surface area contributed by atoms with Crippen LogP contribution in [-0.2, 0) is 28.5 Å². The molecule has 1 rings (SSSR count). The van der Waals surface area contributed by atoms with Gasteiger partial charge in [0.05, 0.1) is 13.2 Å². The van der Waals surface area contributed by atoms with Crippen LogP contribution in [0.5, 0.6) is 0 Å². The van der Waals surface area contributed by atoms with Gasteiger partial charge in [-0.25, -0.2) is 0 Å². The van der Waals surface area contributed by atoms with Gasteiger partial charge in [-0.05, 0) is 57.8 Å². The van der Waals surface area contributed by atoms with Crippen LogP contribution in [0.4, 0.5) is 0 Å². The number of allylic oxidation sites excluding steroid dienone is 12. The van der Waals surface area contributed by atoms with Crippen LogP contribution in [0, 0.1) is 0 Å². The van der Waals surface area contributed by atoms with Gasteiger partial charge in [0.25, 0.3) is 0 Å². The minimum atomic E-state index is -1.60. The average Bonchev–Trinajstić information content (AvgIpc) is 3.17. The zero-order valence-corrected chi connectivity index (χ0v) is 33.2. The second kappa shape index (κ2) is 34.6. The summed E-state index contributed by atoms with van der Waals surface area (Å²) in [6, 6.07) is 0. The number of carbonyl (C=O) groups is 2. The van der Waals surface area contributed by atoms with E-state index in [0.29, 0.717) is 12.8 Å². The first-order valence-electron chi connectivity index (χ1n) is 20.6. The molecule has 0 aromatic rings. The Morgan fingerprint density at radius 2 is 1.17 bits per heavy atom. The van der Waals surface area contributed by atoms with Gasteiger partial charge < -0.3 is 39.4 Å². The molecule has 10 nitrogen and oxygen atoms in total. The maximum atomic E-state index is 12.7. The fourth-order valence-corrected chi connectivity index (χ4v) is 5.62. The topological polar surface area (TPSA) is 152 Å². The van der Waals surface area contributed by atoms with Crippen LogP contribution in [0.15, 0.2) is 72.9 Å². The number of aliphatic hydroxyl groups excluding tert-OH is 4. The van der Waals surface area contributed by atoms with E-state index in [1.54, 1.807) is 0 Å². The van der Waals surface area contributed by atoms with E-state index in [4.69, 9.17) is 18.9 Å². The Morgan fingerprint density at radius 1 is 0.611 bits per heavy atom. The zero-order chi connectivity index (χ0) is 39.5. The number of esters is 2. The van der Waals surface area contributed by atoms with Crippen LogP contribution in [0.25, 0.3) is 0 Å². The highest BCUT2D eigenvalue weighted by molar-refractivity contribution is 5.70. The van der Waals surface area contributed by atoms with Crippen molar-refractivity contribution in [3.05, 3.63) is 72.9 Å². The lowest BCUT2D eigenvalue weighted by Gasteiger charge is -2.39. The Balaban J connectivity index is 2.41. The van der Waals surface area contributed by atoms with E-state index >= 15 is 0 Å². The van der Waals surface area contributed by atoms with Gasteiger partial charge in [0.15, 0.2) is 12.4 Å². The SMILES string of the molecule is CC/C=C/C=C/C=C/C=C/CCCCCCCC(=O)OC[C@@H](CO[C@H]1O[C@@H](CO)[C@@H](O)C(O)C1O)OC(=O)CCCCCCC/C=C/C/C=C/CCCC. The lowest BCUT2D eigenvalue weighted by Crippen LogP contribution is -2.59. The third-order valence-corrected chi connectivity index (χ3v) is 8.92. The Bertz CT molecular complexity index is 1110. The molecule has 1 saturated heterocycles. The molecule has 10 heteroatoms. The Labute approximate surface area is 325 Å². The predicted octanol–water partition coefficient (Wildman–Crippen LogP) is 8.05. The highest BCUT2D eigenvalue weighted by Gasteiger charge is 2.44. The van der Waals surface area contributed by atoms with Gasteiger partial charge >= 0.3 is 11.9 Å². The van der Waals surface area contributed by atoms with Gasteiger partial charge in [0.1, 0.15) is 31.0 Å². The second-order valence-electron chi connectivity index (χ2n) is 13.8. The molecule has 1 heterocycles. The smallest absolute Gasteiger partial charge is 0.306 e. The Hall–Kier alpha value is -2.86. The molecule has 0 bridgehead atoms. The van der Waals surface area contributed by atoms with Crippen LogP contribution in [0.3, 0.4) is 0 Å². The Kier molecular flexibility index (Phi) is 31.5. The largest absolute Gasteiger partial charge is 0.462 e. The van der Waals surface area contributed by atoms with E-state index in [9.17, 15) is 30.0 Å². The lowest BCUT2D eigenvalue weighted by molar-refractivity contribution is -0.305. The summed E-state index contributed by atoms with van der Waals surface area (Å²) in [4.78, 5) is 25.2. The van der Waals surface area contributed by atoms with Gasteiger partial charge in [-0.15, -0.1) is 0 Å². The molecule has 1 fully saturated rings. The molecule has 0 aromatic carbocycles. The van der Waals surface area contributed by atoms with E-state index in [0.717, 1.165) is 83.5 Å². The minimum Gasteiger partial charge on any atom is -0.462 e. The first-order chi connectivity index (χ1) is 26.3. The molecule has 0 saturated carbocycles. The molecule has 1 aliphatic heterocycles. The number of unbranched alkanes of at least 4 members (excludes halogenated alkanes) is 12. The minimum absolute atomic E-state index is 0.204. The molecular formula is C44H72O10. The van der Waals surface area contributed by atoms with Crippen LogP contribution in [0.2, 0.25) is 0 Å². The van der Waals surface area contributed by atoms with Crippen molar-refractivity contribution in [3.63, 3.8) is 0 Å². The number of rotatable bonds is 32. The molecule has 0 amide bonds. The third kappa shape index (κ3) is 26.0. The maximum Gasteiger partial charge on any atom is 0.306 e. The van der Waals surface area contributed by atoms with Crippen molar-refractivity contribution in [1.82, 2.24) is 0 Å². The standard InChI is InChI=1S/C44H72O10/c1-3-5-7-9-11-13-15-17-19-21-22-24-26-28-30-32-39(46)51-35-37(36-52-44-43(50)42(49)41(48)38(34-45)54-44)53-40(47)33-31-29-27-25-23-20-18-16-14-12-10-8-6-4-2/h5,7,9-13,15-19,37-38,41-45,48-50H,3-4,6,8,14,20-36H2,1-2H3/b7-5+,11-9+,12-10+,15-13+,18-16+,19-17+/t37-,38-,41+,42?,43?,44-/m0/s1. The van der Waals surface area contributed by atoms with E-state index in [2.05, 4.69) is 56.4 Å². The van der Waals surface area contributed by atoms with E-state index in [-0.39, 0.29) is 26.1 Å². The van der Waals surface area contributed by atoms with Crippen molar-refractivity contribution in [2.45, 2.75) is 173 Å². The summed E-state index contributed by atoms with van der Waals surface area (Å²) in [6.07, 6.45) is 34.7. The van der Waals surface area contributed by atoms with Crippen LogP contribution < -0.4 is 0 Å². The summed E-state index contributed by atoms with van der Waals surface area (Å²) in [5, 5.41) is 40.0. The van der Waals surface area contributed by atoms with E-state index in [1.807, 2.05) is 30.4 Å². The number of hydrogen-bond donors (Lipinski definition) is 4. The molecule has 2 unspecified atom stereocenters. The molecule has 0 spiro atoms. The molecule has 0 aromatic heterocycles. The first kappa shape index (κ1) is 49.2. The number of aliphatic hydroxyl groups is 4. The highest BCUT2D eigenvalue weighted by Crippen LogP contribution is 2.22. The fraction of sp³-hybridized carbons (Fsp3) is 0.682. The lowest BCUT2D eigenvalue weighted by atomic mass is 9.99. The number of hydrogen-bond acceptors (Lipinski definition) is 10. The van der Waals surface area contributed by atoms with Crippen molar-refractivity contribution in [2.75, 3.05) is 19.8 Å². The number of ether oxygens (including phenoxy) is 4. The first-order valence-corrected chi connectivity index (χ1v) is 20.6. The average molecular weight is 761 g/mol. The summed E-state index contributed by atoms with van der Waals surface area (Å²) in [7, 11) is 0. The van der Waals surface area contributed by atoms with Crippen LogP contribution in [-0.4, -0.2) is 89.0 Å². The molecule has 6 atom stereocenters. The van der Waals surface area contributed by atoms with Crippen molar-refractivity contribution >= 4 is 11.9 Å². The molecule has 0 radical (unpaired) electrons. The van der Waals surface area contributed by atoms with Crippen molar-refractivity contribution in [3.8, 4) is 0 Å². The van der Waals surface area contributed by atoms with Crippen molar-refractivity contribution in [2.24, 2.45) is 0 Å². The highest BCUT2D eigenvalue weighted by atomic mass is 16.7. The second-order valence-corrected chi connectivity index (χ2v) is 13.8. The fourth-order valence-electron chi connectivity index (χ4n) is 5.62. The van der Waals surface area contributed by atoms with E-state index in [1.165, 1.54) is 12.8 Å². The van der Waals surface area contributed by atoms with Gasteiger partial charge in [0, 0.05) is 12.8 Å². The summed E-state index contributed by atoms with van der Waals surface area (Å²) in [5.74, 6) is -0.859. The van der Waals surface area contributed by atoms with Crippen molar-refractivity contribution in [1.29, 1.82) is 0 Å². The van der Waals surface area contributed by atoms with Gasteiger partial charge in [0.2, 0.25) is 0 Å². The van der Waals surface area contributed by atoms with Gasteiger partial charge in [-0.1, -0.05) is 138 Å². The predicted molar refractivity (Wildman–Crippen MR) is 214 cm³/mol. The van der Waals surface area contributed by atoms with Crippen LogP contribution >= 0.6 is 0 Å². The van der Waals surface area contributed by atoms with E-state index < -0.39 is 55.4 Å². The molecule has 1 aliphatic rings. The van der Waals surface area contributed by atoms with Gasteiger partial charge in [-0.3, -0.25) is 9.59 Å². The summed E-state index contributed by atoms with van der Waals surface area (Å²) in [6.45, 7) is 3.17. The molecular weight excluding hydrogens is 688 g/mol. The normalized spacial score (nSPS) is 21.5. The third-order valence-electron chi connectivity index (χ3n) is 8.92. The van der Waals surface area contributed by atoms with Crippen molar-refractivity contribution < 1.29 is 49.0 Å². The number of carbonyl (C=O) groups excluding carboxylic acids is 2. The van der Waals surface area contributed by atoms with Crippen LogP contribution in [0.1, 0.15) is 136 Å². The Morgan fingerprint density at radius 3 is 1.80 bits per heavy atom. The summed E-state index contributed by atoms with van der Waals surface area (Å²) < 4.78 is 22.1. The molecule has 308 valence electrons. The maximum absolute atomic E-state index is 12.7. The summed E-state index contributed by atoms with van der Waals surface area (Å²) in [5.41, 5.74) is 0. The quantitative estimate of drug-likeness (QED) is 0.0230. The monoisotopic (exact) mass is 761 g/mol. The molecule has 54 heavy (non-hydrogen) atoms. The van der Waals surface area contributed by atoms with Gasteiger partial charge in [-0.2, -0.15) is 0 Å². The molecule has 4 N–H and O–H groups in total. The summed E-state index contributed by atoms with van der Waals surface area (Å²) >= 11 is 0. The molecule has 0 aliphatic carbocycles.